The van der Waals surface area contributed by atoms with Crippen molar-refractivity contribution in [3.05, 3.63) is 0 Å². The van der Waals surface area contributed by atoms with E-state index in [1.807, 2.05) is 0 Å². The van der Waals surface area contributed by atoms with Crippen LogP contribution in [0.15, 0.2) is 0 Å². The van der Waals surface area contributed by atoms with E-state index >= 15 is 0 Å². The number of nitrogens with one attached hydrogen (secondary N) is 1. The highest BCUT2D eigenvalue weighted by Gasteiger charge is 2.36. The van der Waals surface area contributed by atoms with Crippen molar-refractivity contribution >= 4 is 0 Å². The fourth-order valence-electron chi connectivity index (χ4n) is 3.09. The highest BCUT2D eigenvalue weighted by Crippen LogP contribution is 2.21. The standard InChI is InChI=1S/C14H28N2O3/c1-4-5-15-12-10-19-9-11(12)6-16-7-13(17-2)14(8-16)18-3/h11-15H,4-10H2,1-3H3. The first-order valence-electron chi connectivity index (χ1n) is 7.37. The van der Waals surface area contributed by atoms with Crippen molar-refractivity contribution in [3.8, 4) is 0 Å². The fourth-order valence-corrected chi connectivity index (χ4v) is 3.09. The lowest BCUT2D eigenvalue weighted by molar-refractivity contribution is -0.00461. The quantitative estimate of drug-likeness (QED) is 0.724. The second kappa shape index (κ2) is 7.55. The summed E-state index contributed by atoms with van der Waals surface area (Å²) in [6.45, 7) is 7.99. The zero-order chi connectivity index (χ0) is 13.7. The molecule has 0 saturated carbocycles. The van der Waals surface area contributed by atoms with Crippen LogP contribution in [-0.2, 0) is 14.2 Å². The van der Waals surface area contributed by atoms with E-state index in [9.17, 15) is 0 Å². The number of likely N-dealkylation sites (tertiary alicyclic amines) is 1. The molecule has 0 aromatic carbocycles. The maximum atomic E-state index is 5.63. The number of rotatable bonds is 7. The molecule has 2 saturated heterocycles. The number of ether oxygens (including phenoxy) is 3. The molecule has 2 heterocycles. The second-order valence-corrected chi connectivity index (χ2v) is 5.63. The summed E-state index contributed by atoms with van der Waals surface area (Å²) in [4.78, 5) is 2.45. The lowest BCUT2D eigenvalue weighted by Gasteiger charge is -2.24. The van der Waals surface area contributed by atoms with Crippen molar-refractivity contribution in [2.24, 2.45) is 5.92 Å². The van der Waals surface area contributed by atoms with Gasteiger partial charge < -0.3 is 19.5 Å². The lowest BCUT2D eigenvalue weighted by Crippen LogP contribution is -2.41. The van der Waals surface area contributed by atoms with Gasteiger partial charge in [0.25, 0.3) is 0 Å². The molecule has 4 atom stereocenters. The van der Waals surface area contributed by atoms with Gasteiger partial charge in [-0.3, -0.25) is 4.90 Å². The first-order chi connectivity index (χ1) is 9.28. The van der Waals surface area contributed by atoms with Crippen LogP contribution in [0.25, 0.3) is 0 Å². The Hall–Kier alpha value is -0.200. The van der Waals surface area contributed by atoms with Crippen LogP contribution in [0.2, 0.25) is 0 Å². The van der Waals surface area contributed by atoms with Gasteiger partial charge in [-0.05, 0) is 13.0 Å². The van der Waals surface area contributed by atoms with Gasteiger partial charge in [0.15, 0.2) is 0 Å². The van der Waals surface area contributed by atoms with Gasteiger partial charge in [-0.15, -0.1) is 0 Å². The lowest BCUT2D eigenvalue weighted by atomic mass is 10.0. The first kappa shape index (κ1) is 15.2. The van der Waals surface area contributed by atoms with Crippen LogP contribution in [0, 0.1) is 5.92 Å². The van der Waals surface area contributed by atoms with Gasteiger partial charge in [-0.2, -0.15) is 0 Å². The summed E-state index contributed by atoms with van der Waals surface area (Å²) in [6.07, 6.45) is 1.58. The molecule has 0 bridgehead atoms. The van der Waals surface area contributed by atoms with Crippen LogP contribution in [0.4, 0.5) is 0 Å². The Morgan fingerprint density at radius 2 is 1.84 bits per heavy atom. The molecule has 1 N–H and O–H groups in total. The van der Waals surface area contributed by atoms with Gasteiger partial charge in [0.1, 0.15) is 0 Å². The minimum Gasteiger partial charge on any atom is -0.379 e. The molecule has 112 valence electrons. The maximum absolute atomic E-state index is 5.63. The molecular weight excluding hydrogens is 244 g/mol. The Labute approximate surface area is 116 Å². The van der Waals surface area contributed by atoms with Crippen molar-refractivity contribution in [1.29, 1.82) is 0 Å². The Bertz CT molecular complexity index is 253. The maximum Gasteiger partial charge on any atom is 0.0971 e. The monoisotopic (exact) mass is 272 g/mol. The van der Waals surface area contributed by atoms with Crippen LogP contribution in [0.5, 0.6) is 0 Å². The molecule has 2 fully saturated rings. The smallest absolute Gasteiger partial charge is 0.0971 e. The molecule has 2 rings (SSSR count). The molecule has 19 heavy (non-hydrogen) atoms. The SMILES string of the molecule is CCCNC1COCC1CN1CC(OC)C(OC)C1. The van der Waals surface area contributed by atoms with E-state index in [2.05, 4.69) is 17.1 Å². The van der Waals surface area contributed by atoms with E-state index in [1.165, 1.54) is 6.42 Å². The fraction of sp³-hybridized carbons (Fsp3) is 1.00. The van der Waals surface area contributed by atoms with Gasteiger partial charge in [0.05, 0.1) is 25.4 Å². The summed E-state index contributed by atoms with van der Waals surface area (Å²) < 4.78 is 16.6. The van der Waals surface area contributed by atoms with Gasteiger partial charge in [-0.25, -0.2) is 0 Å². The van der Waals surface area contributed by atoms with Crippen molar-refractivity contribution in [3.63, 3.8) is 0 Å². The highest BCUT2D eigenvalue weighted by molar-refractivity contribution is 4.90. The molecule has 5 heteroatoms. The number of nitrogens with zero attached hydrogens (tertiary/aromatic N) is 1. The third kappa shape index (κ3) is 3.89. The topological polar surface area (TPSA) is 43.0 Å². The van der Waals surface area contributed by atoms with E-state index in [0.717, 1.165) is 39.4 Å². The van der Waals surface area contributed by atoms with E-state index in [1.54, 1.807) is 14.2 Å². The zero-order valence-corrected chi connectivity index (χ0v) is 12.4. The molecule has 4 unspecified atom stereocenters. The third-order valence-electron chi connectivity index (χ3n) is 4.24. The number of hydrogen-bond donors (Lipinski definition) is 1. The average molecular weight is 272 g/mol. The van der Waals surface area contributed by atoms with E-state index in [-0.39, 0.29) is 12.2 Å². The molecule has 2 aliphatic rings. The van der Waals surface area contributed by atoms with Gasteiger partial charge in [0.2, 0.25) is 0 Å². The number of hydrogen-bond acceptors (Lipinski definition) is 5. The van der Waals surface area contributed by atoms with Crippen LogP contribution < -0.4 is 5.32 Å². The van der Waals surface area contributed by atoms with Crippen molar-refractivity contribution in [2.45, 2.75) is 31.6 Å². The molecule has 0 spiro atoms. The molecular formula is C14H28N2O3. The van der Waals surface area contributed by atoms with Crippen molar-refractivity contribution < 1.29 is 14.2 Å². The van der Waals surface area contributed by atoms with Gasteiger partial charge >= 0.3 is 0 Å². The molecule has 0 aliphatic carbocycles. The molecule has 2 aliphatic heterocycles. The molecule has 0 aromatic rings. The van der Waals surface area contributed by atoms with Crippen LogP contribution >= 0.6 is 0 Å². The summed E-state index contributed by atoms with van der Waals surface area (Å²) in [5.41, 5.74) is 0. The Kier molecular flexibility index (Phi) is 6.04. The molecule has 0 amide bonds. The van der Waals surface area contributed by atoms with E-state index < -0.39 is 0 Å². The summed E-state index contributed by atoms with van der Waals surface area (Å²) in [5.74, 6) is 0.583. The van der Waals surface area contributed by atoms with E-state index in [4.69, 9.17) is 14.2 Å². The average Bonchev–Trinajstić information content (AvgIpc) is 3.03. The molecule has 0 aromatic heterocycles. The largest absolute Gasteiger partial charge is 0.379 e. The first-order valence-corrected chi connectivity index (χ1v) is 7.37. The summed E-state index contributed by atoms with van der Waals surface area (Å²) in [7, 11) is 3.54. The summed E-state index contributed by atoms with van der Waals surface area (Å²) >= 11 is 0. The van der Waals surface area contributed by atoms with Crippen molar-refractivity contribution in [1.82, 2.24) is 10.2 Å². The number of methoxy groups -OCH3 is 2. The van der Waals surface area contributed by atoms with Crippen LogP contribution in [-0.4, -0.2) is 76.8 Å². The summed E-state index contributed by atoms with van der Waals surface area (Å²) in [6, 6.07) is 0.502. The molecule has 0 radical (unpaired) electrons. The second-order valence-electron chi connectivity index (χ2n) is 5.63. The van der Waals surface area contributed by atoms with Gasteiger partial charge in [0, 0.05) is 45.8 Å². The predicted octanol–water partition coefficient (Wildman–Crippen LogP) is 0.347. The Balaban J connectivity index is 1.80. The third-order valence-corrected chi connectivity index (χ3v) is 4.24. The predicted molar refractivity (Wildman–Crippen MR) is 74.4 cm³/mol. The Morgan fingerprint density at radius 3 is 2.42 bits per heavy atom. The van der Waals surface area contributed by atoms with Crippen molar-refractivity contribution in [2.75, 3.05) is 53.6 Å². The summed E-state index contributed by atoms with van der Waals surface area (Å²) in [5, 5.41) is 3.59. The van der Waals surface area contributed by atoms with E-state index in [0.29, 0.717) is 12.0 Å². The van der Waals surface area contributed by atoms with Crippen LogP contribution in [0.3, 0.4) is 0 Å². The van der Waals surface area contributed by atoms with Crippen LogP contribution in [0.1, 0.15) is 13.3 Å². The Morgan fingerprint density at radius 1 is 1.16 bits per heavy atom. The normalized spacial score (nSPS) is 36.2. The zero-order valence-electron chi connectivity index (χ0n) is 12.4. The van der Waals surface area contributed by atoms with Gasteiger partial charge in [-0.1, -0.05) is 6.92 Å². The highest BCUT2D eigenvalue weighted by atomic mass is 16.5. The minimum absolute atomic E-state index is 0.203. The molecule has 5 nitrogen and oxygen atoms in total. The minimum atomic E-state index is 0.203.